The van der Waals surface area contributed by atoms with Gasteiger partial charge in [0.1, 0.15) is 11.4 Å². The molecule has 1 aliphatic rings. The zero-order valence-corrected chi connectivity index (χ0v) is 13.4. The molecule has 1 amide bonds. The van der Waals surface area contributed by atoms with Crippen LogP contribution in [0, 0.1) is 0 Å². The van der Waals surface area contributed by atoms with Gasteiger partial charge in [0, 0.05) is 19.1 Å². The number of hydrogen-bond acceptors (Lipinski definition) is 4. The Labute approximate surface area is 126 Å². The topological polar surface area (TPSA) is 54.7 Å². The third-order valence-electron chi connectivity index (χ3n) is 3.53. The van der Waals surface area contributed by atoms with E-state index in [1.807, 2.05) is 32.9 Å². The molecular formula is C16H26N2O3. The van der Waals surface area contributed by atoms with Gasteiger partial charge in [0.25, 0.3) is 0 Å². The molecule has 1 saturated heterocycles. The van der Waals surface area contributed by atoms with Crippen LogP contribution < -0.4 is 5.32 Å². The Morgan fingerprint density at radius 2 is 2.29 bits per heavy atom. The second-order valence-corrected chi connectivity index (χ2v) is 6.67. The van der Waals surface area contributed by atoms with Crippen molar-refractivity contribution in [2.75, 3.05) is 13.1 Å². The Morgan fingerprint density at radius 3 is 2.90 bits per heavy atom. The van der Waals surface area contributed by atoms with Gasteiger partial charge in [0.05, 0.1) is 12.3 Å². The van der Waals surface area contributed by atoms with Crippen LogP contribution >= 0.6 is 0 Å². The Balaban J connectivity index is 1.87. The number of likely N-dealkylation sites (tertiary alicyclic amines) is 1. The molecule has 0 saturated carbocycles. The maximum absolute atomic E-state index is 12.1. The maximum atomic E-state index is 12.1. The fraction of sp³-hybridized carbons (Fsp3) is 0.688. The quantitative estimate of drug-likeness (QED) is 0.929. The summed E-state index contributed by atoms with van der Waals surface area (Å²) in [5, 5.41) is 3.53. The number of hydrogen-bond donors (Lipinski definition) is 1. The van der Waals surface area contributed by atoms with Gasteiger partial charge in [0.15, 0.2) is 0 Å². The van der Waals surface area contributed by atoms with Crippen molar-refractivity contribution in [2.45, 2.75) is 58.2 Å². The van der Waals surface area contributed by atoms with Crippen molar-refractivity contribution in [3.05, 3.63) is 24.2 Å². The van der Waals surface area contributed by atoms with Crippen LogP contribution in [-0.2, 0) is 4.74 Å². The summed E-state index contributed by atoms with van der Waals surface area (Å²) in [6.45, 7) is 9.20. The molecule has 0 aliphatic carbocycles. The summed E-state index contributed by atoms with van der Waals surface area (Å²) in [5.41, 5.74) is -0.446. The minimum absolute atomic E-state index is 0.142. The van der Waals surface area contributed by atoms with Gasteiger partial charge in [-0.15, -0.1) is 0 Å². The molecule has 118 valence electrons. The third-order valence-corrected chi connectivity index (χ3v) is 3.53. The standard InChI is InChI=1S/C16H26N2O3/c1-12(14-8-6-10-20-14)17-13-7-5-9-18(11-13)15(19)21-16(2,3)4/h6,8,10,12-13,17H,5,7,9,11H2,1-4H3/t12-,13+/m0/s1. The first kappa shape index (κ1) is 15.9. The van der Waals surface area contributed by atoms with Gasteiger partial charge in [-0.1, -0.05) is 0 Å². The molecule has 0 aromatic carbocycles. The third kappa shape index (κ3) is 4.77. The Morgan fingerprint density at radius 1 is 1.52 bits per heavy atom. The first-order chi connectivity index (χ1) is 9.85. The maximum Gasteiger partial charge on any atom is 0.410 e. The van der Waals surface area contributed by atoms with Crippen molar-refractivity contribution in [3.8, 4) is 0 Å². The first-order valence-corrected chi connectivity index (χ1v) is 7.62. The molecule has 0 bridgehead atoms. The van der Waals surface area contributed by atoms with Gasteiger partial charge in [-0.2, -0.15) is 0 Å². The lowest BCUT2D eigenvalue weighted by molar-refractivity contribution is 0.0183. The molecule has 0 spiro atoms. The zero-order chi connectivity index (χ0) is 15.5. The summed E-state index contributed by atoms with van der Waals surface area (Å²) in [7, 11) is 0. The number of piperidine rings is 1. The molecule has 0 unspecified atom stereocenters. The Kier molecular flexibility index (Phi) is 4.93. The highest BCUT2D eigenvalue weighted by Crippen LogP contribution is 2.19. The number of nitrogens with zero attached hydrogens (tertiary/aromatic N) is 1. The van der Waals surface area contributed by atoms with E-state index in [9.17, 15) is 4.79 Å². The Bertz CT molecular complexity index is 451. The molecule has 2 heterocycles. The van der Waals surface area contributed by atoms with E-state index in [2.05, 4.69) is 12.2 Å². The fourth-order valence-corrected chi connectivity index (χ4v) is 2.58. The zero-order valence-electron chi connectivity index (χ0n) is 13.4. The van der Waals surface area contributed by atoms with Crippen molar-refractivity contribution >= 4 is 6.09 Å². The summed E-state index contributed by atoms with van der Waals surface area (Å²) >= 11 is 0. The largest absolute Gasteiger partial charge is 0.468 e. The highest BCUT2D eigenvalue weighted by Gasteiger charge is 2.28. The van der Waals surface area contributed by atoms with Crippen molar-refractivity contribution < 1.29 is 13.9 Å². The average Bonchev–Trinajstić information content (AvgIpc) is 2.91. The first-order valence-electron chi connectivity index (χ1n) is 7.62. The van der Waals surface area contributed by atoms with E-state index in [1.165, 1.54) is 0 Å². The number of carbonyl (C=O) groups is 1. The van der Waals surface area contributed by atoms with E-state index in [0.717, 1.165) is 25.1 Å². The molecule has 2 atom stereocenters. The minimum atomic E-state index is -0.446. The van der Waals surface area contributed by atoms with Crippen molar-refractivity contribution in [3.63, 3.8) is 0 Å². The van der Waals surface area contributed by atoms with Crippen LogP contribution in [-0.4, -0.2) is 35.7 Å². The minimum Gasteiger partial charge on any atom is -0.468 e. The molecule has 2 rings (SSSR count). The lowest BCUT2D eigenvalue weighted by atomic mass is 10.0. The number of rotatable bonds is 3. The van der Waals surface area contributed by atoms with Crippen LogP contribution in [0.15, 0.2) is 22.8 Å². The monoisotopic (exact) mass is 294 g/mol. The van der Waals surface area contributed by atoms with Gasteiger partial charge in [-0.25, -0.2) is 4.79 Å². The highest BCUT2D eigenvalue weighted by atomic mass is 16.6. The molecular weight excluding hydrogens is 268 g/mol. The van der Waals surface area contributed by atoms with Crippen LogP contribution in [0.5, 0.6) is 0 Å². The van der Waals surface area contributed by atoms with E-state index in [1.54, 1.807) is 11.2 Å². The van der Waals surface area contributed by atoms with Gasteiger partial charge < -0.3 is 19.4 Å². The van der Waals surface area contributed by atoms with E-state index in [-0.39, 0.29) is 18.2 Å². The summed E-state index contributed by atoms with van der Waals surface area (Å²) in [6.07, 6.45) is 3.51. The lowest BCUT2D eigenvalue weighted by Gasteiger charge is -2.35. The van der Waals surface area contributed by atoms with Crippen LogP contribution in [0.3, 0.4) is 0 Å². The predicted octanol–water partition coefficient (Wildman–Crippen LogP) is 3.33. The highest BCUT2D eigenvalue weighted by molar-refractivity contribution is 5.68. The van der Waals surface area contributed by atoms with E-state index in [4.69, 9.17) is 9.15 Å². The van der Waals surface area contributed by atoms with E-state index < -0.39 is 5.60 Å². The second kappa shape index (κ2) is 6.52. The molecule has 1 aromatic rings. The van der Waals surface area contributed by atoms with Crippen molar-refractivity contribution in [2.24, 2.45) is 0 Å². The summed E-state index contributed by atoms with van der Waals surface area (Å²) in [6, 6.07) is 4.27. The SMILES string of the molecule is C[C@H](N[C@@H]1CCCN(C(=O)OC(C)(C)C)C1)c1ccco1. The van der Waals surface area contributed by atoms with Crippen LogP contribution in [0.4, 0.5) is 4.79 Å². The molecule has 1 aliphatic heterocycles. The molecule has 1 aromatic heterocycles. The van der Waals surface area contributed by atoms with Gasteiger partial charge in [0.2, 0.25) is 0 Å². The number of ether oxygens (including phenoxy) is 1. The molecule has 21 heavy (non-hydrogen) atoms. The van der Waals surface area contributed by atoms with E-state index >= 15 is 0 Å². The average molecular weight is 294 g/mol. The van der Waals surface area contributed by atoms with Crippen molar-refractivity contribution in [1.82, 2.24) is 10.2 Å². The second-order valence-electron chi connectivity index (χ2n) is 6.67. The number of furan rings is 1. The normalized spacial score (nSPS) is 21.1. The molecule has 5 nitrogen and oxygen atoms in total. The van der Waals surface area contributed by atoms with E-state index in [0.29, 0.717) is 6.54 Å². The molecule has 0 radical (unpaired) electrons. The van der Waals surface area contributed by atoms with Crippen LogP contribution in [0.2, 0.25) is 0 Å². The predicted molar refractivity (Wildman–Crippen MR) is 81.1 cm³/mol. The van der Waals surface area contributed by atoms with Gasteiger partial charge in [-0.3, -0.25) is 0 Å². The Hall–Kier alpha value is -1.49. The van der Waals surface area contributed by atoms with Crippen LogP contribution in [0.25, 0.3) is 0 Å². The molecule has 1 N–H and O–H groups in total. The van der Waals surface area contributed by atoms with Crippen molar-refractivity contribution in [1.29, 1.82) is 0 Å². The smallest absolute Gasteiger partial charge is 0.410 e. The number of carbonyl (C=O) groups excluding carboxylic acids is 1. The lowest BCUT2D eigenvalue weighted by Crippen LogP contribution is -2.49. The van der Waals surface area contributed by atoms with Crippen LogP contribution in [0.1, 0.15) is 52.3 Å². The molecule has 5 heteroatoms. The van der Waals surface area contributed by atoms with Gasteiger partial charge >= 0.3 is 6.09 Å². The summed E-state index contributed by atoms with van der Waals surface area (Å²) < 4.78 is 10.9. The fourth-order valence-electron chi connectivity index (χ4n) is 2.58. The molecule has 1 fully saturated rings. The number of nitrogens with one attached hydrogen (secondary N) is 1. The summed E-state index contributed by atoms with van der Waals surface area (Å²) in [5.74, 6) is 0.921. The number of amides is 1. The van der Waals surface area contributed by atoms with Gasteiger partial charge in [-0.05, 0) is 52.7 Å². The summed E-state index contributed by atoms with van der Waals surface area (Å²) in [4.78, 5) is 13.9.